The molecule has 0 aliphatic carbocycles. The van der Waals surface area contributed by atoms with Gasteiger partial charge in [-0.15, -0.1) is 0 Å². The molecule has 0 saturated carbocycles. The average Bonchev–Trinajstić information content (AvgIpc) is 2.35. The van der Waals surface area contributed by atoms with Crippen LogP contribution >= 0.6 is 0 Å². The topological polar surface area (TPSA) is 40.5 Å². The number of piperidine rings is 1. The van der Waals surface area contributed by atoms with Crippen LogP contribution in [0.2, 0.25) is 0 Å². The Labute approximate surface area is 72.4 Å². The standard InChI is InChI=1S/C9H15NO2/c11-6-9(12)10-7-2-1-3-8(10)5-4-7/h7-8,11H,1-6H2/t7-,8+. The zero-order chi connectivity index (χ0) is 8.55. The molecule has 3 nitrogen and oxygen atoms in total. The lowest BCUT2D eigenvalue weighted by Crippen LogP contribution is -2.45. The fraction of sp³-hybridized carbons (Fsp3) is 0.889. The maximum absolute atomic E-state index is 11.3. The molecule has 2 atom stereocenters. The summed E-state index contributed by atoms with van der Waals surface area (Å²) in [5, 5.41) is 8.76. The second-order valence-electron chi connectivity index (χ2n) is 3.78. The molecule has 2 saturated heterocycles. The summed E-state index contributed by atoms with van der Waals surface area (Å²) in [7, 11) is 0. The van der Waals surface area contributed by atoms with E-state index in [0.717, 1.165) is 25.7 Å². The summed E-state index contributed by atoms with van der Waals surface area (Å²) in [6.07, 6.45) is 5.84. The number of hydrogen-bond acceptors (Lipinski definition) is 2. The van der Waals surface area contributed by atoms with Crippen molar-refractivity contribution in [3.63, 3.8) is 0 Å². The van der Waals surface area contributed by atoms with E-state index in [2.05, 4.69) is 0 Å². The highest BCUT2D eigenvalue weighted by molar-refractivity contribution is 5.78. The number of nitrogens with zero attached hydrogens (tertiary/aromatic N) is 1. The molecular formula is C9H15NO2. The highest BCUT2D eigenvalue weighted by Crippen LogP contribution is 2.35. The first-order valence-corrected chi connectivity index (χ1v) is 4.75. The van der Waals surface area contributed by atoms with Gasteiger partial charge in [-0.1, -0.05) is 0 Å². The van der Waals surface area contributed by atoms with Gasteiger partial charge in [-0.05, 0) is 32.1 Å². The fourth-order valence-corrected chi connectivity index (χ4v) is 2.61. The Morgan fingerprint density at radius 3 is 2.33 bits per heavy atom. The van der Waals surface area contributed by atoms with E-state index in [4.69, 9.17) is 5.11 Å². The van der Waals surface area contributed by atoms with Crippen LogP contribution in [0.25, 0.3) is 0 Å². The van der Waals surface area contributed by atoms with Crippen molar-refractivity contribution in [1.82, 2.24) is 4.90 Å². The van der Waals surface area contributed by atoms with Crippen molar-refractivity contribution in [1.29, 1.82) is 0 Å². The van der Waals surface area contributed by atoms with Crippen LogP contribution in [0.5, 0.6) is 0 Å². The van der Waals surface area contributed by atoms with Gasteiger partial charge in [0.05, 0.1) is 0 Å². The quantitative estimate of drug-likeness (QED) is 0.621. The maximum Gasteiger partial charge on any atom is 0.248 e. The van der Waals surface area contributed by atoms with Gasteiger partial charge in [0.25, 0.3) is 0 Å². The van der Waals surface area contributed by atoms with E-state index in [1.165, 1.54) is 6.42 Å². The van der Waals surface area contributed by atoms with Crippen molar-refractivity contribution < 1.29 is 9.90 Å². The lowest BCUT2D eigenvalue weighted by molar-refractivity contribution is -0.138. The van der Waals surface area contributed by atoms with Crippen molar-refractivity contribution >= 4 is 5.91 Å². The number of hydrogen-bond donors (Lipinski definition) is 1. The van der Waals surface area contributed by atoms with Gasteiger partial charge in [0.1, 0.15) is 6.61 Å². The van der Waals surface area contributed by atoms with E-state index in [9.17, 15) is 4.79 Å². The van der Waals surface area contributed by atoms with E-state index in [1.807, 2.05) is 4.90 Å². The molecular weight excluding hydrogens is 154 g/mol. The predicted molar refractivity (Wildman–Crippen MR) is 44.6 cm³/mol. The highest BCUT2D eigenvalue weighted by atomic mass is 16.3. The number of amides is 1. The average molecular weight is 169 g/mol. The zero-order valence-electron chi connectivity index (χ0n) is 7.20. The minimum absolute atomic E-state index is 0.0674. The van der Waals surface area contributed by atoms with Crippen molar-refractivity contribution in [2.75, 3.05) is 6.61 Å². The summed E-state index contributed by atoms with van der Waals surface area (Å²) >= 11 is 0. The molecule has 3 heteroatoms. The third kappa shape index (κ3) is 1.12. The van der Waals surface area contributed by atoms with Gasteiger partial charge in [0.15, 0.2) is 0 Å². The molecule has 0 aromatic rings. The monoisotopic (exact) mass is 169 g/mol. The lowest BCUT2D eigenvalue weighted by atomic mass is 10.0. The third-order valence-corrected chi connectivity index (χ3v) is 3.12. The number of carbonyl (C=O) groups is 1. The van der Waals surface area contributed by atoms with E-state index in [-0.39, 0.29) is 12.5 Å². The van der Waals surface area contributed by atoms with Crippen molar-refractivity contribution in [3.05, 3.63) is 0 Å². The van der Waals surface area contributed by atoms with Crippen LogP contribution in [0.15, 0.2) is 0 Å². The molecule has 0 radical (unpaired) electrons. The minimum atomic E-state index is -0.312. The first kappa shape index (κ1) is 8.05. The Bertz CT molecular complexity index is 177. The Balaban J connectivity index is 2.10. The van der Waals surface area contributed by atoms with Gasteiger partial charge >= 0.3 is 0 Å². The Hall–Kier alpha value is -0.570. The van der Waals surface area contributed by atoms with Crippen molar-refractivity contribution in [2.45, 2.75) is 44.2 Å². The summed E-state index contributed by atoms with van der Waals surface area (Å²) in [4.78, 5) is 13.2. The molecule has 0 aromatic heterocycles. The van der Waals surface area contributed by atoms with Gasteiger partial charge in [-0.3, -0.25) is 4.79 Å². The van der Waals surface area contributed by atoms with E-state index in [0.29, 0.717) is 12.1 Å². The minimum Gasteiger partial charge on any atom is -0.387 e. The van der Waals surface area contributed by atoms with Gasteiger partial charge < -0.3 is 10.0 Å². The molecule has 1 N–H and O–H groups in total. The number of aliphatic hydroxyl groups is 1. The van der Waals surface area contributed by atoms with Crippen LogP contribution in [-0.2, 0) is 4.79 Å². The molecule has 2 rings (SSSR count). The van der Waals surface area contributed by atoms with Crippen LogP contribution < -0.4 is 0 Å². The smallest absolute Gasteiger partial charge is 0.248 e. The molecule has 2 aliphatic heterocycles. The third-order valence-electron chi connectivity index (χ3n) is 3.12. The Morgan fingerprint density at radius 1 is 1.25 bits per heavy atom. The SMILES string of the molecule is O=C(CO)N1[C@@H]2CCC[C@H]1CC2. The van der Waals surface area contributed by atoms with E-state index >= 15 is 0 Å². The van der Waals surface area contributed by atoms with E-state index < -0.39 is 0 Å². The highest BCUT2D eigenvalue weighted by Gasteiger charge is 2.38. The molecule has 2 aliphatic rings. The van der Waals surface area contributed by atoms with Crippen molar-refractivity contribution in [2.24, 2.45) is 0 Å². The number of aliphatic hydroxyl groups excluding tert-OH is 1. The van der Waals surface area contributed by atoms with Crippen LogP contribution in [-0.4, -0.2) is 34.6 Å². The van der Waals surface area contributed by atoms with E-state index in [1.54, 1.807) is 0 Å². The molecule has 0 spiro atoms. The predicted octanol–water partition coefficient (Wildman–Crippen LogP) is 0.522. The van der Waals surface area contributed by atoms with Gasteiger partial charge in [0, 0.05) is 12.1 Å². The molecule has 12 heavy (non-hydrogen) atoms. The Kier molecular flexibility index (Phi) is 2.05. The molecule has 2 bridgehead atoms. The zero-order valence-corrected chi connectivity index (χ0v) is 7.20. The summed E-state index contributed by atoms with van der Waals surface area (Å²) in [6, 6.07) is 0.895. The summed E-state index contributed by atoms with van der Waals surface area (Å²) in [6.45, 7) is -0.312. The molecule has 0 unspecified atom stereocenters. The lowest BCUT2D eigenvalue weighted by Gasteiger charge is -2.34. The largest absolute Gasteiger partial charge is 0.387 e. The van der Waals surface area contributed by atoms with Crippen LogP contribution in [0.3, 0.4) is 0 Å². The molecule has 2 fully saturated rings. The van der Waals surface area contributed by atoms with Gasteiger partial charge in [0.2, 0.25) is 5.91 Å². The fourth-order valence-electron chi connectivity index (χ4n) is 2.61. The van der Waals surface area contributed by atoms with Crippen LogP contribution in [0.1, 0.15) is 32.1 Å². The first-order valence-electron chi connectivity index (χ1n) is 4.75. The van der Waals surface area contributed by atoms with Crippen molar-refractivity contribution in [3.8, 4) is 0 Å². The number of rotatable bonds is 1. The molecule has 68 valence electrons. The maximum atomic E-state index is 11.3. The summed E-state index contributed by atoms with van der Waals surface area (Å²) in [5.74, 6) is -0.0674. The molecule has 0 aromatic carbocycles. The first-order chi connectivity index (χ1) is 5.83. The summed E-state index contributed by atoms with van der Waals surface area (Å²) in [5.41, 5.74) is 0. The molecule has 1 amide bonds. The van der Waals surface area contributed by atoms with Crippen LogP contribution in [0, 0.1) is 0 Å². The van der Waals surface area contributed by atoms with Gasteiger partial charge in [-0.25, -0.2) is 0 Å². The Morgan fingerprint density at radius 2 is 1.83 bits per heavy atom. The number of carbonyl (C=O) groups excluding carboxylic acids is 1. The number of fused-ring (bicyclic) bond motifs is 2. The van der Waals surface area contributed by atoms with Gasteiger partial charge in [-0.2, -0.15) is 0 Å². The second kappa shape index (κ2) is 3.05. The summed E-state index contributed by atoms with van der Waals surface area (Å²) < 4.78 is 0. The van der Waals surface area contributed by atoms with Crippen LogP contribution in [0.4, 0.5) is 0 Å². The molecule has 2 heterocycles. The second-order valence-corrected chi connectivity index (χ2v) is 3.78. The normalized spacial score (nSPS) is 33.9.